The van der Waals surface area contributed by atoms with E-state index < -0.39 is 6.04 Å². The Balaban J connectivity index is 1.53. The molecule has 9 heteroatoms. The van der Waals surface area contributed by atoms with Crippen molar-refractivity contribution in [3.05, 3.63) is 75.7 Å². The van der Waals surface area contributed by atoms with Crippen molar-refractivity contribution in [2.75, 3.05) is 20.8 Å². The fourth-order valence-corrected chi connectivity index (χ4v) is 5.24. The normalized spacial score (nSPS) is 16.5. The lowest BCUT2D eigenvalue weighted by atomic mass is 10.1. The summed E-state index contributed by atoms with van der Waals surface area (Å²) in [5.74, 6) is 1.05. The predicted octanol–water partition coefficient (Wildman–Crippen LogP) is 4.32. The number of aromatic nitrogens is 1. The number of carbonyl (C=O) groups is 2. The van der Waals surface area contributed by atoms with E-state index in [1.54, 1.807) is 19.6 Å². The molecular weight excluding hydrogens is 488 g/mol. The summed E-state index contributed by atoms with van der Waals surface area (Å²) in [6.07, 6.45) is 2.46. The molecule has 1 fully saturated rings. The molecule has 2 amide bonds. The summed E-state index contributed by atoms with van der Waals surface area (Å²) in [4.78, 5) is 32.0. The molecule has 196 valence electrons. The fourth-order valence-electron chi connectivity index (χ4n) is 4.44. The molecule has 0 saturated carbocycles. The average Bonchev–Trinajstić information content (AvgIpc) is 3.31. The van der Waals surface area contributed by atoms with Crippen molar-refractivity contribution in [3.63, 3.8) is 0 Å². The van der Waals surface area contributed by atoms with Gasteiger partial charge in [-0.15, -0.1) is 11.3 Å². The summed E-state index contributed by atoms with van der Waals surface area (Å²) >= 11 is 1.45. The molecule has 2 aromatic carbocycles. The van der Waals surface area contributed by atoms with Gasteiger partial charge in [0.1, 0.15) is 28.2 Å². The summed E-state index contributed by atoms with van der Waals surface area (Å²) in [6, 6.07) is 15.7. The van der Waals surface area contributed by atoms with Crippen LogP contribution < -0.4 is 20.1 Å². The standard InChI is InChI=1S/C28H34N4O4S/c1-19(20-9-5-4-6-10-20)32(16-21-12-13-22(35-2)15-25(21)36-3)17-26-30-24(18-37-26)28(34)31-23-11-7-8-14-29-27(23)33/h4-6,9-10,12-13,15,18-19,23H,7-8,11,14,16-17H2,1-3H3,(H,29,33)(H,31,34). The van der Waals surface area contributed by atoms with Crippen LogP contribution in [0, 0.1) is 0 Å². The summed E-state index contributed by atoms with van der Waals surface area (Å²) in [5, 5.41) is 8.30. The number of thiazole rings is 1. The fraction of sp³-hybridized carbons (Fsp3) is 0.393. The van der Waals surface area contributed by atoms with Gasteiger partial charge in [0.2, 0.25) is 5.91 Å². The maximum atomic E-state index is 12.9. The summed E-state index contributed by atoms with van der Waals surface area (Å²) in [6.45, 7) is 3.98. The van der Waals surface area contributed by atoms with Crippen LogP contribution in [0.25, 0.3) is 0 Å². The first-order valence-corrected chi connectivity index (χ1v) is 13.4. The van der Waals surface area contributed by atoms with Crippen LogP contribution in [0.4, 0.5) is 0 Å². The van der Waals surface area contributed by atoms with Crippen LogP contribution in [0.1, 0.15) is 58.9 Å². The van der Waals surface area contributed by atoms with Crippen molar-refractivity contribution in [1.29, 1.82) is 0 Å². The molecule has 2 heterocycles. The minimum Gasteiger partial charge on any atom is -0.497 e. The van der Waals surface area contributed by atoms with E-state index in [0.29, 0.717) is 31.7 Å². The van der Waals surface area contributed by atoms with Gasteiger partial charge in [-0.05, 0) is 37.8 Å². The molecule has 1 aromatic heterocycles. The van der Waals surface area contributed by atoms with Crippen LogP contribution in [0.3, 0.4) is 0 Å². The number of nitrogens with zero attached hydrogens (tertiary/aromatic N) is 2. The lowest BCUT2D eigenvalue weighted by Gasteiger charge is -2.29. The van der Waals surface area contributed by atoms with Gasteiger partial charge in [0.25, 0.3) is 5.91 Å². The van der Waals surface area contributed by atoms with Crippen LogP contribution in [0.15, 0.2) is 53.9 Å². The molecule has 1 aliphatic heterocycles. The second-order valence-electron chi connectivity index (χ2n) is 9.11. The van der Waals surface area contributed by atoms with Crippen LogP contribution in [0.5, 0.6) is 11.5 Å². The highest BCUT2D eigenvalue weighted by Crippen LogP contribution is 2.30. The number of ether oxygens (including phenoxy) is 2. The second-order valence-corrected chi connectivity index (χ2v) is 10.1. The Hall–Kier alpha value is -3.43. The predicted molar refractivity (Wildman–Crippen MR) is 144 cm³/mol. The van der Waals surface area contributed by atoms with Crippen molar-refractivity contribution in [1.82, 2.24) is 20.5 Å². The number of nitrogens with one attached hydrogen (secondary N) is 2. The average molecular weight is 523 g/mol. The van der Waals surface area contributed by atoms with Gasteiger partial charge in [-0.2, -0.15) is 0 Å². The van der Waals surface area contributed by atoms with Crippen LogP contribution in [-0.4, -0.2) is 48.5 Å². The number of benzene rings is 2. The number of amides is 2. The third-order valence-corrected chi connectivity index (χ3v) is 7.49. The van der Waals surface area contributed by atoms with Gasteiger partial charge >= 0.3 is 0 Å². The highest BCUT2D eigenvalue weighted by atomic mass is 32.1. The van der Waals surface area contributed by atoms with Crippen molar-refractivity contribution < 1.29 is 19.1 Å². The first-order chi connectivity index (χ1) is 18.0. The molecule has 2 unspecified atom stereocenters. The Morgan fingerprint density at radius 2 is 1.97 bits per heavy atom. The molecule has 0 spiro atoms. The van der Waals surface area contributed by atoms with Crippen molar-refractivity contribution in [3.8, 4) is 11.5 Å². The molecule has 1 saturated heterocycles. The smallest absolute Gasteiger partial charge is 0.271 e. The Morgan fingerprint density at radius 1 is 1.16 bits per heavy atom. The van der Waals surface area contributed by atoms with E-state index in [0.717, 1.165) is 34.9 Å². The van der Waals surface area contributed by atoms with E-state index in [2.05, 4.69) is 39.6 Å². The third kappa shape index (κ3) is 6.87. The van der Waals surface area contributed by atoms with E-state index in [9.17, 15) is 9.59 Å². The molecule has 37 heavy (non-hydrogen) atoms. The molecule has 3 aromatic rings. The Morgan fingerprint density at radius 3 is 2.73 bits per heavy atom. The number of hydrogen-bond acceptors (Lipinski definition) is 7. The van der Waals surface area contributed by atoms with Gasteiger partial charge in [-0.1, -0.05) is 36.4 Å². The zero-order valence-electron chi connectivity index (χ0n) is 21.5. The molecule has 1 aliphatic rings. The minimum absolute atomic E-state index is 0.0869. The lowest BCUT2D eigenvalue weighted by molar-refractivity contribution is -0.122. The zero-order valence-corrected chi connectivity index (χ0v) is 22.3. The van der Waals surface area contributed by atoms with Crippen LogP contribution in [0.2, 0.25) is 0 Å². The second kappa shape index (κ2) is 12.7. The highest BCUT2D eigenvalue weighted by molar-refractivity contribution is 7.09. The first-order valence-electron chi connectivity index (χ1n) is 12.5. The number of methoxy groups -OCH3 is 2. The minimum atomic E-state index is -0.516. The highest BCUT2D eigenvalue weighted by Gasteiger charge is 2.25. The van der Waals surface area contributed by atoms with Gasteiger partial charge in [0, 0.05) is 36.1 Å². The molecule has 2 atom stereocenters. The maximum Gasteiger partial charge on any atom is 0.271 e. The third-order valence-electron chi connectivity index (χ3n) is 6.66. The van der Waals surface area contributed by atoms with E-state index >= 15 is 0 Å². The maximum absolute atomic E-state index is 12.9. The molecule has 0 bridgehead atoms. The lowest BCUT2D eigenvalue weighted by Crippen LogP contribution is -2.45. The molecule has 8 nitrogen and oxygen atoms in total. The number of hydrogen-bond donors (Lipinski definition) is 2. The molecule has 4 rings (SSSR count). The summed E-state index contributed by atoms with van der Waals surface area (Å²) in [5.41, 5.74) is 2.55. The monoisotopic (exact) mass is 522 g/mol. The van der Waals surface area contributed by atoms with Gasteiger partial charge in [0.15, 0.2) is 0 Å². The molecule has 0 aliphatic carbocycles. The van der Waals surface area contributed by atoms with Gasteiger partial charge < -0.3 is 20.1 Å². The molecule has 2 N–H and O–H groups in total. The Labute approximate surface area is 222 Å². The molecule has 0 radical (unpaired) electrons. The van der Waals surface area contributed by atoms with Crippen LogP contribution in [-0.2, 0) is 17.9 Å². The largest absolute Gasteiger partial charge is 0.497 e. The Bertz CT molecular complexity index is 1200. The number of rotatable bonds is 10. The van der Waals surface area contributed by atoms with E-state index in [4.69, 9.17) is 9.47 Å². The zero-order chi connectivity index (χ0) is 26.2. The van der Waals surface area contributed by atoms with Gasteiger partial charge in [0.05, 0.1) is 20.8 Å². The SMILES string of the molecule is COc1ccc(CN(Cc2nc(C(=O)NC3CCCCNC3=O)cs2)C(C)c2ccccc2)c(OC)c1. The summed E-state index contributed by atoms with van der Waals surface area (Å²) in [7, 11) is 3.29. The van der Waals surface area contributed by atoms with Crippen LogP contribution >= 0.6 is 11.3 Å². The van der Waals surface area contributed by atoms with Crippen molar-refractivity contribution >= 4 is 23.2 Å². The van der Waals surface area contributed by atoms with E-state index in [1.807, 2.05) is 36.4 Å². The van der Waals surface area contributed by atoms with Gasteiger partial charge in [-0.3, -0.25) is 14.5 Å². The molecular formula is C28H34N4O4S. The first kappa shape index (κ1) is 26.6. The Kier molecular flexibility index (Phi) is 9.14. The quantitative estimate of drug-likeness (QED) is 0.412. The summed E-state index contributed by atoms with van der Waals surface area (Å²) < 4.78 is 11.0. The van der Waals surface area contributed by atoms with E-state index in [1.165, 1.54) is 16.9 Å². The van der Waals surface area contributed by atoms with E-state index in [-0.39, 0.29) is 17.9 Å². The van der Waals surface area contributed by atoms with Gasteiger partial charge in [-0.25, -0.2) is 4.98 Å². The van der Waals surface area contributed by atoms with Crippen molar-refractivity contribution in [2.45, 2.75) is 51.4 Å². The van der Waals surface area contributed by atoms with Crippen molar-refractivity contribution in [2.24, 2.45) is 0 Å². The topological polar surface area (TPSA) is 92.8 Å². The number of carbonyl (C=O) groups excluding carboxylic acids is 2.